The zero-order chi connectivity index (χ0) is 29.6. The number of hydrogen-bond acceptors (Lipinski definition) is 8. The molecule has 2 heterocycles. The van der Waals surface area contributed by atoms with Crippen molar-refractivity contribution in [3.8, 4) is 5.75 Å². The van der Waals surface area contributed by atoms with E-state index < -0.39 is 22.2 Å². The number of ether oxygens (including phenoxy) is 2. The van der Waals surface area contributed by atoms with E-state index in [9.17, 15) is 18.3 Å². The van der Waals surface area contributed by atoms with Crippen LogP contribution in [0.25, 0.3) is 0 Å². The minimum Gasteiger partial charge on any atom is -0.490 e. The summed E-state index contributed by atoms with van der Waals surface area (Å²) in [7, 11) is 3.22. The Balaban J connectivity index is 1.96. The lowest BCUT2D eigenvalue weighted by Gasteiger charge is -2.35. The molecule has 1 N–H and O–H groups in total. The number of aryl methyl sites for hydroxylation is 1. The maximum atomic E-state index is 14.1. The number of fused-ring (bicyclic) bond motifs is 1. The number of aliphatic hydroxyl groups excluding tert-OH is 1. The first-order chi connectivity index (χ1) is 18.8. The predicted molar refractivity (Wildman–Crippen MR) is 154 cm³/mol. The molecule has 0 bridgehead atoms. The molecule has 0 radical (unpaired) electrons. The lowest BCUT2D eigenvalue weighted by Crippen LogP contribution is -2.48. The van der Waals surface area contributed by atoms with E-state index in [2.05, 4.69) is 4.98 Å². The third-order valence-electron chi connectivity index (χ3n) is 7.34. The predicted octanol–water partition coefficient (Wildman–Crippen LogP) is 2.60. The van der Waals surface area contributed by atoms with Gasteiger partial charge in [-0.15, -0.1) is 0 Å². The standard InChI is InChI=1S/C28H45N5O6S/c1-20-15-33(21(2)18-34)28(35)24-14-23(30(4)5)11-12-25(24)39-22(3)10-8-9-13-38-26(20)16-32(7)40(36,37)27-17-31(6)19-29-27/h11-12,14,17,19-22,26,34H,8-10,13,15-16,18H2,1-7H3/t20-,21-,22+,26+/m1/s1. The van der Waals surface area contributed by atoms with Crippen LogP contribution in [0.1, 0.15) is 50.4 Å². The van der Waals surface area contributed by atoms with Crippen molar-refractivity contribution in [1.82, 2.24) is 18.8 Å². The van der Waals surface area contributed by atoms with Crippen LogP contribution in [0.15, 0.2) is 35.7 Å². The lowest BCUT2D eigenvalue weighted by molar-refractivity contribution is -0.00835. The minimum atomic E-state index is -3.83. The molecule has 4 atom stereocenters. The van der Waals surface area contributed by atoms with Crippen molar-refractivity contribution in [3.05, 3.63) is 36.3 Å². The van der Waals surface area contributed by atoms with Gasteiger partial charge in [-0.05, 0) is 51.3 Å². The summed E-state index contributed by atoms with van der Waals surface area (Å²) in [5.41, 5.74) is 1.28. The highest BCUT2D eigenvalue weighted by Crippen LogP contribution is 2.29. The summed E-state index contributed by atoms with van der Waals surface area (Å²) in [6.45, 7) is 6.29. The summed E-state index contributed by atoms with van der Waals surface area (Å²) >= 11 is 0. The second-order valence-electron chi connectivity index (χ2n) is 11.0. The molecular weight excluding hydrogens is 534 g/mol. The van der Waals surface area contributed by atoms with Gasteiger partial charge in [0.2, 0.25) is 0 Å². The van der Waals surface area contributed by atoms with E-state index in [0.717, 1.165) is 24.9 Å². The Bertz CT molecular complexity index is 1230. The molecule has 0 saturated carbocycles. The maximum Gasteiger partial charge on any atom is 0.261 e. The molecule has 0 spiro atoms. The van der Waals surface area contributed by atoms with Crippen molar-refractivity contribution in [2.75, 3.05) is 52.3 Å². The number of sulfonamides is 1. The van der Waals surface area contributed by atoms with Crippen molar-refractivity contribution >= 4 is 21.6 Å². The lowest BCUT2D eigenvalue weighted by atomic mass is 10.0. The van der Waals surface area contributed by atoms with Gasteiger partial charge in [0.1, 0.15) is 5.75 Å². The van der Waals surface area contributed by atoms with E-state index in [1.54, 1.807) is 23.4 Å². The molecule has 0 unspecified atom stereocenters. The highest BCUT2D eigenvalue weighted by atomic mass is 32.2. The van der Waals surface area contributed by atoms with Gasteiger partial charge in [-0.1, -0.05) is 6.92 Å². The second-order valence-corrected chi connectivity index (χ2v) is 13.0. The van der Waals surface area contributed by atoms with Crippen LogP contribution in [0.3, 0.4) is 0 Å². The highest BCUT2D eigenvalue weighted by Gasteiger charge is 2.33. The quantitative estimate of drug-likeness (QED) is 0.532. The van der Waals surface area contributed by atoms with Crippen LogP contribution in [-0.2, 0) is 21.8 Å². The van der Waals surface area contributed by atoms with Crippen molar-refractivity contribution in [2.24, 2.45) is 13.0 Å². The molecule has 40 heavy (non-hydrogen) atoms. The molecule has 1 aliphatic heterocycles. The topological polar surface area (TPSA) is 117 Å². The number of imidazole rings is 1. The average molecular weight is 580 g/mol. The first kappa shape index (κ1) is 31.9. The van der Waals surface area contributed by atoms with Gasteiger partial charge in [0.25, 0.3) is 15.9 Å². The van der Waals surface area contributed by atoms with E-state index in [4.69, 9.17) is 9.47 Å². The fourth-order valence-electron chi connectivity index (χ4n) is 4.68. The fourth-order valence-corrected chi connectivity index (χ4v) is 5.83. The molecule has 11 nitrogen and oxygen atoms in total. The summed E-state index contributed by atoms with van der Waals surface area (Å²) in [6, 6.07) is 5.09. The van der Waals surface area contributed by atoms with E-state index in [-0.39, 0.29) is 42.7 Å². The van der Waals surface area contributed by atoms with Crippen molar-refractivity contribution in [3.63, 3.8) is 0 Å². The molecule has 224 valence electrons. The number of hydrogen-bond donors (Lipinski definition) is 1. The summed E-state index contributed by atoms with van der Waals surface area (Å²) in [4.78, 5) is 21.6. The molecule has 0 saturated heterocycles. The van der Waals surface area contributed by atoms with Gasteiger partial charge in [-0.25, -0.2) is 13.4 Å². The smallest absolute Gasteiger partial charge is 0.261 e. The van der Waals surface area contributed by atoms with Gasteiger partial charge in [-0.2, -0.15) is 4.31 Å². The van der Waals surface area contributed by atoms with Crippen molar-refractivity contribution < 1.29 is 27.8 Å². The van der Waals surface area contributed by atoms with Gasteiger partial charge in [0, 0.05) is 65.7 Å². The van der Waals surface area contributed by atoms with Gasteiger partial charge >= 0.3 is 0 Å². The molecule has 0 aliphatic carbocycles. The Kier molecular flexibility index (Phi) is 11.0. The Morgan fingerprint density at radius 3 is 2.55 bits per heavy atom. The Morgan fingerprint density at radius 2 is 1.93 bits per heavy atom. The highest BCUT2D eigenvalue weighted by molar-refractivity contribution is 7.89. The van der Waals surface area contributed by atoms with E-state index in [1.807, 2.05) is 51.0 Å². The number of amides is 1. The molecule has 12 heteroatoms. The molecule has 2 aromatic rings. The van der Waals surface area contributed by atoms with Crippen LogP contribution < -0.4 is 9.64 Å². The van der Waals surface area contributed by atoms with Crippen LogP contribution in [0.4, 0.5) is 5.69 Å². The van der Waals surface area contributed by atoms with Crippen molar-refractivity contribution in [2.45, 2.75) is 63.3 Å². The van der Waals surface area contributed by atoms with Crippen LogP contribution in [-0.4, -0.2) is 104 Å². The van der Waals surface area contributed by atoms with Gasteiger partial charge < -0.3 is 28.9 Å². The Hall–Kier alpha value is -2.67. The van der Waals surface area contributed by atoms with Crippen molar-refractivity contribution in [1.29, 1.82) is 0 Å². The molecule has 1 aromatic carbocycles. The average Bonchev–Trinajstić information content (AvgIpc) is 3.36. The summed E-state index contributed by atoms with van der Waals surface area (Å²) < 4.78 is 41.8. The molecule has 3 rings (SSSR count). The Labute approximate surface area is 238 Å². The molecule has 0 fully saturated rings. The van der Waals surface area contributed by atoms with E-state index in [0.29, 0.717) is 17.9 Å². The largest absolute Gasteiger partial charge is 0.490 e. The number of aromatic nitrogens is 2. The number of rotatable bonds is 7. The van der Waals surface area contributed by atoms with Gasteiger partial charge in [0.05, 0.1) is 36.7 Å². The number of carbonyl (C=O) groups excluding carboxylic acids is 1. The fraction of sp³-hybridized carbons (Fsp3) is 0.643. The van der Waals surface area contributed by atoms with E-state index in [1.165, 1.54) is 23.9 Å². The summed E-state index contributed by atoms with van der Waals surface area (Å²) in [5.74, 6) is 0.00380. The first-order valence-electron chi connectivity index (χ1n) is 13.8. The van der Waals surface area contributed by atoms with Gasteiger partial charge in [0.15, 0.2) is 5.03 Å². The SMILES string of the molecule is C[C@@H]1CN([C@H](C)CO)C(=O)c2cc(N(C)C)ccc2O[C@@H](C)CCCCO[C@H]1CN(C)S(=O)(=O)c1cn(C)cn1. The summed E-state index contributed by atoms with van der Waals surface area (Å²) in [5, 5.41) is 10.1. The number of carbonyl (C=O) groups is 1. The monoisotopic (exact) mass is 579 g/mol. The van der Waals surface area contributed by atoms with Crippen LogP contribution in [0, 0.1) is 5.92 Å². The van der Waals surface area contributed by atoms with Crippen LogP contribution >= 0.6 is 0 Å². The number of anilines is 1. The zero-order valence-corrected chi connectivity index (χ0v) is 25.6. The van der Waals surface area contributed by atoms with E-state index >= 15 is 0 Å². The van der Waals surface area contributed by atoms with Crippen LogP contribution in [0.2, 0.25) is 0 Å². The third-order valence-corrected chi connectivity index (χ3v) is 9.05. The number of aliphatic hydroxyl groups is 1. The molecule has 1 aromatic heterocycles. The molecular formula is C28H45N5O6S. The molecule has 1 aliphatic rings. The normalized spacial score (nSPS) is 22.4. The minimum absolute atomic E-state index is 0.0287. The Morgan fingerprint density at radius 1 is 1.20 bits per heavy atom. The maximum absolute atomic E-state index is 14.1. The number of nitrogens with zero attached hydrogens (tertiary/aromatic N) is 5. The number of benzene rings is 1. The first-order valence-corrected chi connectivity index (χ1v) is 15.2. The summed E-state index contributed by atoms with van der Waals surface area (Å²) in [6.07, 6.45) is 4.73. The third kappa shape index (κ3) is 7.74. The van der Waals surface area contributed by atoms with Gasteiger partial charge in [-0.3, -0.25) is 4.79 Å². The molecule has 1 amide bonds. The number of likely N-dealkylation sites (N-methyl/N-ethyl adjacent to an activating group) is 1. The second kappa shape index (κ2) is 13.8. The van der Waals surface area contributed by atoms with Crippen LogP contribution in [0.5, 0.6) is 5.75 Å². The zero-order valence-electron chi connectivity index (χ0n) is 24.8.